The van der Waals surface area contributed by atoms with Gasteiger partial charge in [0, 0.05) is 6.54 Å². The molecule has 0 bridgehead atoms. The molecule has 0 saturated carbocycles. The van der Waals surface area contributed by atoms with E-state index >= 15 is 0 Å². The molecule has 0 spiro atoms. The minimum Gasteiger partial charge on any atom is -0.407 e. The standard InChI is InChI=1S/C12H15FN4O/c1-7-3-9(4-8(2)11(7)13)6-15-12-17-16-10(5-14)18-12/h3-4H,5-6,14H2,1-2H3,(H,15,17). The SMILES string of the molecule is Cc1cc(CNc2nnc(CN)o2)cc(C)c1F. The zero-order valence-corrected chi connectivity index (χ0v) is 10.3. The third kappa shape index (κ3) is 2.65. The van der Waals surface area contributed by atoms with Gasteiger partial charge in [0.25, 0.3) is 0 Å². The van der Waals surface area contributed by atoms with Crippen molar-refractivity contribution >= 4 is 6.01 Å². The Balaban J connectivity index is 2.06. The van der Waals surface area contributed by atoms with Crippen LogP contribution < -0.4 is 11.1 Å². The van der Waals surface area contributed by atoms with Crippen LogP contribution in [0.15, 0.2) is 16.5 Å². The van der Waals surface area contributed by atoms with Gasteiger partial charge in [-0.1, -0.05) is 17.2 Å². The highest BCUT2D eigenvalue weighted by atomic mass is 19.1. The summed E-state index contributed by atoms with van der Waals surface area (Å²) in [7, 11) is 0. The van der Waals surface area contributed by atoms with E-state index in [-0.39, 0.29) is 12.4 Å². The van der Waals surface area contributed by atoms with Crippen LogP contribution in [0.2, 0.25) is 0 Å². The van der Waals surface area contributed by atoms with Gasteiger partial charge < -0.3 is 15.5 Å². The lowest BCUT2D eigenvalue weighted by molar-refractivity contribution is 0.507. The fourth-order valence-corrected chi connectivity index (χ4v) is 1.72. The predicted molar refractivity (Wildman–Crippen MR) is 65.4 cm³/mol. The maximum absolute atomic E-state index is 13.4. The van der Waals surface area contributed by atoms with Gasteiger partial charge in [0.1, 0.15) is 5.82 Å². The van der Waals surface area contributed by atoms with Gasteiger partial charge in [-0.3, -0.25) is 0 Å². The van der Waals surface area contributed by atoms with Gasteiger partial charge in [-0.15, -0.1) is 5.10 Å². The zero-order chi connectivity index (χ0) is 13.1. The molecule has 1 aromatic carbocycles. The summed E-state index contributed by atoms with van der Waals surface area (Å²) in [6.07, 6.45) is 0. The highest BCUT2D eigenvalue weighted by molar-refractivity contribution is 5.32. The Morgan fingerprint density at radius 1 is 1.28 bits per heavy atom. The van der Waals surface area contributed by atoms with Crippen LogP contribution >= 0.6 is 0 Å². The first-order chi connectivity index (χ1) is 8.60. The average Bonchev–Trinajstić information content (AvgIpc) is 2.81. The maximum atomic E-state index is 13.4. The van der Waals surface area contributed by atoms with Gasteiger partial charge in [0.05, 0.1) is 6.54 Å². The van der Waals surface area contributed by atoms with Gasteiger partial charge in [0.2, 0.25) is 5.89 Å². The number of aromatic nitrogens is 2. The van der Waals surface area contributed by atoms with Crippen LogP contribution in [0.5, 0.6) is 0 Å². The van der Waals surface area contributed by atoms with E-state index in [0.29, 0.717) is 29.6 Å². The van der Waals surface area contributed by atoms with Crippen LogP contribution in [-0.4, -0.2) is 10.2 Å². The summed E-state index contributed by atoms with van der Waals surface area (Å²) in [6, 6.07) is 3.89. The second kappa shape index (κ2) is 5.14. The minimum absolute atomic E-state index is 0.165. The summed E-state index contributed by atoms with van der Waals surface area (Å²) in [6.45, 7) is 4.19. The predicted octanol–water partition coefficient (Wildman–Crippen LogP) is 1.90. The first-order valence-corrected chi connectivity index (χ1v) is 5.62. The van der Waals surface area contributed by atoms with Gasteiger partial charge in [-0.05, 0) is 30.5 Å². The fraction of sp³-hybridized carbons (Fsp3) is 0.333. The number of nitrogens with zero attached hydrogens (tertiary/aromatic N) is 2. The number of nitrogens with two attached hydrogens (primary N) is 1. The molecule has 0 aliphatic rings. The van der Waals surface area contributed by atoms with Crippen molar-refractivity contribution in [2.75, 3.05) is 5.32 Å². The van der Waals surface area contributed by atoms with Crippen LogP contribution in [-0.2, 0) is 13.1 Å². The summed E-state index contributed by atoms with van der Waals surface area (Å²) < 4.78 is 18.7. The normalized spacial score (nSPS) is 10.7. The number of anilines is 1. The Morgan fingerprint density at radius 3 is 2.50 bits per heavy atom. The van der Waals surface area contributed by atoms with Crippen molar-refractivity contribution in [3.8, 4) is 0 Å². The largest absolute Gasteiger partial charge is 0.407 e. The number of hydrogen-bond donors (Lipinski definition) is 2. The summed E-state index contributed by atoms with van der Waals surface area (Å²) in [4.78, 5) is 0. The van der Waals surface area contributed by atoms with E-state index in [1.54, 1.807) is 26.0 Å². The van der Waals surface area contributed by atoms with E-state index in [0.717, 1.165) is 5.56 Å². The number of nitrogens with one attached hydrogen (secondary N) is 1. The van der Waals surface area contributed by atoms with E-state index in [1.807, 2.05) is 0 Å². The molecular weight excluding hydrogens is 235 g/mol. The van der Waals surface area contributed by atoms with Crippen molar-refractivity contribution in [1.29, 1.82) is 0 Å². The molecule has 1 aromatic heterocycles. The molecule has 96 valence electrons. The summed E-state index contributed by atoms with van der Waals surface area (Å²) in [5.41, 5.74) is 7.57. The topological polar surface area (TPSA) is 77.0 Å². The molecule has 0 amide bonds. The highest BCUT2D eigenvalue weighted by Crippen LogP contribution is 2.16. The van der Waals surface area contributed by atoms with E-state index in [1.165, 1.54) is 0 Å². The van der Waals surface area contributed by atoms with E-state index in [9.17, 15) is 4.39 Å². The monoisotopic (exact) mass is 250 g/mol. The first kappa shape index (κ1) is 12.5. The van der Waals surface area contributed by atoms with E-state index < -0.39 is 0 Å². The quantitative estimate of drug-likeness (QED) is 0.866. The zero-order valence-electron chi connectivity index (χ0n) is 10.3. The molecule has 1 heterocycles. The molecule has 0 aliphatic heterocycles. The maximum Gasteiger partial charge on any atom is 0.315 e. The smallest absolute Gasteiger partial charge is 0.315 e. The Hall–Kier alpha value is -1.95. The van der Waals surface area contributed by atoms with Crippen LogP contribution in [0, 0.1) is 19.7 Å². The number of hydrogen-bond acceptors (Lipinski definition) is 5. The van der Waals surface area contributed by atoms with Gasteiger partial charge >= 0.3 is 6.01 Å². The van der Waals surface area contributed by atoms with Crippen molar-refractivity contribution in [1.82, 2.24) is 10.2 Å². The van der Waals surface area contributed by atoms with Crippen molar-refractivity contribution in [2.24, 2.45) is 5.73 Å². The van der Waals surface area contributed by atoms with Crippen molar-refractivity contribution < 1.29 is 8.81 Å². The number of rotatable bonds is 4. The fourth-order valence-electron chi connectivity index (χ4n) is 1.72. The van der Waals surface area contributed by atoms with Crippen molar-refractivity contribution in [2.45, 2.75) is 26.9 Å². The molecule has 0 unspecified atom stereocenters. The van der Waals surface area contributed by atoms with Crippen LogP contribution in [0.3, 0.4) is 0 Å². The Labute approximate surface area is 104 Å². The van der Waals surface area contributed by atoms with Gasteiger partial charge in [-0.2, -0.15) is 0 Å². The summed E-state index contributed by atoms with van der Waals surface area (Å²) >= 11 is 0. The molecule has 2 rings (SSSR count). The lowest BCUT2D eigenvalue weighted by atomic mass is 10.1. The molecule has 2 aromatic rings. The number of aryl methyl sites for hydroxylation is 2. The lowest BCUT2D eigenvalue weighted by Crippen LogP contribution is -2.01. The van der Waals surface area contributed by atoms with Crippen LogP contribution in [0.4, 0.5) is 10.4 Å². The van der Waals surface area contributed by atoms with Crippen molar-refractivity contribution in [3.05, 3.63) is 40.5 Å². The lowest BCUT2D eigenvalue weighted by Gasteiger charge is -2.06. The third-order valence-corrected chi connectivity index (χ3v) is 2.58. The van der Waals surface area contributed by atoms with Gasteiger partial charge in [0.15, 0.2) is 0 Å². The summed E-state index contributed by atoms with van der Waals surface area (Å²) in [5, 5.41) is 10.5. The molecular formula is C12H15FN4O. The summed E-state index contributed by atoms with van der Waals surface area (Å²) in [5.74, 6) is 0.214. The molecule has 5 nitrogen and oxygen atoms in total. The second-order valence-corrected chi connectivity index (χ2v) is 4.10. The molecule has 18 heavy (non-hydrogen) atoms. The first-order valence-electron chi connectivity index (χ1n) is 5.62. The Kier molecular flexibility index (Phi) is 3.57. The number of benzene rings is 1. The van der Waals surface area contributed by atoms with Crippen LogP contribution in [0.25, 0.3) is 0 Å². The molecule has 6 heteroatoms. The molecule has 3 N–H and O–H groups in total. The molecule has 0 saturated heterocycles. The van der Waals surface area contributed by atoms with Crippen molar-refractivity contribution in [3.63, 3.8) is 0 Å². The molecule has 0 fully saturated rings. The third-order valence-electron chi connectivity index (χ3n) is 2.58. The Morgan fingerprint density at radius 2 is 1.94 bits per heavy atom. The highest BCUT2D eigenvalue weighted by Gasteiger charge is 2.06. The molecule has 0 radical (unpaired) electrons. The number of halogens is 1. The van der Waals surface area contributed by atoms with Crippen LogP contribution in [0.1, 0.15) is 22.6 Å². The minimum atomic E-state index is -0.165. The van der Waals surface area contributed by atoms with Gasteiger partial charge in [-0.25, -0.2) is 4.39 Å². The van der Waals surface area contributed by atoms with E-state index in [4.69, 9.17) is 10.2 Å². The molecule has 0 aliphatic carbocycles. The van der Waals surface area contributed by atoms with E-state index in [2.05, 4.69) is 15.5 Å². The second-order valence-electron chi connectivity index (χ2n) is 4.10. The Bertz CT molecular complexity index is 530. The average molecular weight is 250 g/mol. The molecule has 0 atom stereocenters.